The maximum Gasteiger partial charge on any atom is 0.417 e. The molecule has 170 valence electrons. The number of pyridine rings is 1. The van der Waals surface area contributed by atoms with Gasteiger partial charge in [0.05, 0.1) is 5.56 Å². The summed E-state index contributed by atoms with van der Waals surface area (Å²) in [5.41, 5.74) is 9.40. The van der Waals surface area contributed by atoms with Crippen molar-refractivity contribution >= 4 is 24.0 Å². The minimum atomic E-state index is -4.44. The summed E-state index contributed by atoms with van der Waals surface area (Å²) in [5, 5.41) is 0. The first-order valence-electron chi connectivity index (χ1n) is 9.88. The Balaban J connectivity index is 0.00000363. The number of halogens is 4. The minimum Gasteiger partial charge on any atom is -0.316 e. The molecule has 8 heteroatoms. The number of hydrogen-bond acceptors (Lipinski definition) is 3. The molecule has 0 radical (unpaired) electrons. The van der Waals surface area contributed by atoms with Gasteiger partial charge in [-0.25, -0.2) is 0 Å². The molecule has 32 heavy (non-hydrogen) atoms. The van der Waals surface area contributed by atoms with E-state index in [9.17, 15) is 18.0 Å². The molecule has 1 unspecified atom stereocenters. The van der Waals surface area contributed by atoms with Gasteiger partial charge in [0, 0.05) is 30.5 Å². The van der Waals surface area contributed by atoms with E-state index >= 15 is 0 Å². The molecular formula is C24H25ClF3N3O. The Kier molecular flexibility index (Phi) is 8.41. The summed E-state index contributed by atoms with van der Waals surface area (Å²) >= 11 is 0. The number of nitrogens with two attached hydrogens (primary N) is 1. The lowest BCUT2D eigenvalue weighted by Crippen LogP contribution is -2.40. The van der Waals surface area contributed by atoms with Crippen LogP contribution in [-0.4, -0.2) is 17.4 Å². The quantitative estimate of drug-likeness (QED) is 0.531. The van der Waals surface area contributed by atoms with Crippen LogP contribution in [0.3, 0.4) is 0 Å². The monoisotopic (exact) mass is 463 g/mol. The van der Waals surface area contributed by atoms with E-state index in [-0.39, 0.29) is 31.3 Å². The molecule has 1 amide bonds. The molecule has 3 aromatic rings. The molecule has 0 saturated carbocycles. The number of carbonyl (C=O) groups is 1. The molecule has 3 rings (SSSR count). The van der Waals surface area contributed by atoms with Gasteiger partial charge in [-0.15, -0.1) is 12.4 Å². The maximum atomic E-state index is 13.3. The average molecular weight is 464 g/mol. The van der Waals surface area contributed by atoms with Crippen LogP contribution in [0.15, 0.2) is 66.9 Å². The Hall–Kier alpha value is -2.90. The number of rotatable bonds is 6. The molecule has 0 fully saturated rings. The number of alkyl halides is 3. The Labute approximate surface area is 191 Å². The topological polar surface area (TPSA) is 59.2 Å². The van der Waals surface area contributed by atoms with Gasteiger partial charge in [0.25, 0.3) is 0 Å². The lowest BCUT2D eigenvalue weighted by molar-refractivity contribution is -0.137. The van der Waals surface area contributed by atoms with Crippen LogP contribution in [0.5, 0.6) is 0 Å². The fourth-order valence-corrected chi connectivity index (χ4v) is 3.20. The van der Waals surface area contributed by atoms with E-state index in [1.54, 1.807) is 17.0 Å². The summed E-state index contributed by atoms with van der Waals surface area (Å²) in [7, 11) is 0. The average Bonchev–Trinajstić information content (AvgIpc) is 2.76. The second-order valence-electron chi connectivity index (χ2n) is 7.43. The number of nitrogens with zero attached hydrogens (tertiary/aromatic N) is 2. The van der Waals surface area contributed by atoms with Crippen LogP contribution < -0.4 is 10.6 Å². The number of amides is 1. The van der Waals surface area contributed by atoms with E-state index in [1.165, 1.54) is 6.07 Å². The zero-order chi connectivity index (χ0) is 22.6. The largest absolute Gasteiger partial charge is 0.417 e. The third-order valence-corrected chi connectivity index (χ3v) is 5.24. The summed E-state index contributed by atoms with van der Waals surface area (Å²) in [5.74, 6) is -0.290. The first-order chi connectivity index (χ1) is 14.7. The highest BCUT2D eigenvalue weighted by Gasteiger charge is 2.30. The smallest absolute Gasteiger partial charge is 0.316 e. The Morgan fingerprint density at radius 2 is 1.72 bits per heavy atom. The molecule has 2 N–H and O–H groups in total. The molecule has 4 nitrogen and oxygen atoms in total. The molecule has 0 spiro atoms. The van der Waals surface area contributed by atoms with E-state index in [4.69, 9.17) is 5.73 Å². The van der Waals surface area contributed by atoms with Gasteiger partial charge in [-0.2, -0.15) is 13.2 Å². The van der Waals surface area contributed by atoms with E-state index in [0.29, 0.717) is 16.9 Å². The summed E-state index contributed by atoms with van der Waals surface area (Å²) in [6.07, 6.45) is -3.33. The molecule has 2 aromatic carbocycles. The summed E-state index contributed by atoms with van der Waals surface area (Å²) < 4.78 is 38.3. The van der Waals surface area contributed by atoms with Crippen LogP contribution >= 0.6 is 12.4 Å². The van der Waals surface area contributed by atoms with E-state index in [2.05, 4.69) is 4.98 Å². The van der Waals surface area contributed by atoms with Crippen LogP contribution in [-0.2, 0) is 17.4 Å². The third kappa shape index (κ3) is 6.08. The fraction of sp³-hybridized carbons (Fsp3) is 0.250. The molecule has 1 aromatic heterocycles. The summed E-state index contributed by atoms with van der Waals surface area (Å²) in [6.45, 7) is 4.17. The van der Waals surface area contributed by atoms with Crippen LogP contribution in [0.1, 0.15) is 34.0 Å². The van der Waals surface area contributed by atoms with Gasteiger partial charge in [-0.05, 0) is 54.8 Å². The van der Waals surface area contributed by atoms with E-state index in [0.717, 1.165) is 23.4 Å². The lowest BCUT2D eigenvalue weighted by Gasteiger charge is -2.27. The van der Waals surface area contributed by atoms with Gasteiger partial charge >= 0.3 is 6.18 Å². The normalized spacial score (nSPS) is 12.1. The van der Waals surface area contributed by atoms with Crippen molar-refractivity contribution in [1.82, 2.24) is 4.98 Å². The number of aryl methyl sites for hydroxylation is 2. The van der Waals surface area contributed by atoms with Crippen molar-refractivity contribution in [2.24, 2.45) is 5.73 Å². The van der Waals surface area contributed by atoms with Gasteiger partial charge in [0.1, 0.15) is 6.04 Å². The Bertz CT molecular complexity index is 1040. The van der Waals surface area contributed by atoms with E-state index in [1.807, 2.05) is 50.2 Å². The highest BCUT2D eigenvalue weighted by molar-refractivity contribution is 5.97. The maximum absolute atomic E-state index is 13.3. The van der Waals surface area contributed by atoms with Gasteiger partial charge in [0.2, 0.25) is 5.91 Å². The number of carbonyl (C=O) groups excluding carboxylic acids is 1. The van der Waals surface area contributed by atoms with Crippen molar-refractivity contribution in [3.8, 4) is 0 Å². The van der Waals surface area contributed by atoms with Crippen LogP contribution in [0.2, 0.25) is 0 Å². The van der Waals surface area contributed by atoms with Crippen molar-refractivity contribution in [3.05, 3.63) is 94.8 Å². The van der Waals surface area contributed by atoms with Crippen molar-refractivity contribution in [3.63, 3.8) is 0 Å². The highest BCUT2D eigenvalue weighted by atomic mass is 35.5. The van der Waals surface area contributed by atoms with E-state index < -0.39 is 17.8 Å². The molecular weight excluding hydrogens is 439 g/mol. The zero-order valence-electron chi connectivity index (χ0n) is 17.8. The highest BCUT2D eigenvalue weighted by Crippen LogP contribution is 2.28. The van der Waals surface area contributed by atoms with Crippen LogP contribution in [0, 0.1) is 13.8 Å². The molecule has 0 aliphatic heterocycles. The minimum absolute atomic E-state index is 0. The number of aromatic nitrogens is 1. The van der Waals surface area contributed by atoms with Gasteiger partial charge in [-0.3, -0.25) is 9.78 Å². The van der Waals surface area contributed by atoms with Gasteiger partial charge in [-0.1, -0.05) is 36.4 Å². The molecule has 0 bridgehead atoms. The van der Waals surface area contributed by atoms with Crippen LogP contribution in [0.4, 0.5) is 18.9 Å². The van der Waals surface area contributed by atoms with Gasteiger partial charge in [0.15, 0.2) is 0 Å². The number of benzene rings is 2. The first-order valence-corrected chi connectivity index (χ1v) is 9.88. The third-order valence-electron chi connectivity index (χ3n) is 5.24. The Morgan fingerprint density at radius 3 is 2.28 bits per heavy atom. The molecule has 0 saturated heterocycles. The number of anilines is 1. The zero-order valence-corrected chi connectivity index (χ0v) is 18.6. The van der Waals surface area contributed by atoms with Crippen molar-refractivity contribution in [2.75, 3.05) is 11.4 Å². The Morgan fingerprint density at radius 1 is 1.03 bits per heavy atom. The van der Waals surface area contributed by atoms with Crippen molar-refractivity contribution in [1.29, 1.82) is 0 Å². The van der Waals surface area contributed by atoms with Crippen molar-refractivity contribution in [2.45, 2.75) is 32.5 Å². The second kappa shape index (κ2) is 10.6. The summed E-state index contributed by atoms with van der Waals surface area (Å²) in [4.78, 5) is 18.8. The predicted molar refractivity (Wildman–Crippen MR) is 122 cm³/mol. The SMILES string of the molecule is Cc1ccc(N(CCc2ccc(C(F)(F)F)cn2)C(=O)C(N)c2ccccc2)cc1C.Cl. The second-order valence-corrected chi connectivity index (χ2v) is 7.43. The first kappa shape index (κ1) is 25.4. The van der Waals surface area contributed by atoms with Crippen molar-refractivity contribution < 1.29 is 18.0 Å². The van der Waals surface area contributed by atoms with Gasteiger partial charge < -0.3 is 10.6 Å². The molecule has 1 heterocycles. The van der Waals surface area contributed by atoms with Crippen LogP contribution in [0.25, 0.3) is 0 Å². The predicted octanol–water partition coefficient (Wildman–Crippen LogP) is 5.41. The molecule has 0 aliphatic rings. The summed E-state index contributed by atoms with van der Waals surface area (Å²) in [6, 6.07) is 16.2. The standard InChI is InChI=1S/C24H24F3N3O.ClH/c1-16-8-11-21(14-17(16)2)30(23(31)22(28)18-6-4-3-5-7-18)13-12-20-10-9-19(15-29-20)24(25,26)27;/h3-11,14-15,22H,12-13,28H2,1-2H3;1H. The molecule has 1 atom stereocenters. The fourth-order valence-electron chi connectivity index (χ4n) is 3.20. The lowest BCUT2D eigenvalue weighted by atomic mass is 10.0. The number of hydrogen-bond donors (Lipinski definition) is 1. The molecule has 0 aliphatic carbocycles.